The zero-order chi connectivity index (χ0) is 34.0. The second-order valence-electron chi connectivity index (χ2n) is 11.0. The maximum atomic E-state index is 14.5. The quantitative estimate of drug-likeness (QED) is 0.178. The van der Waals surface area contributed by atoms with E-state index >= 15 is 0 Å². The van der Waals surface area contributed by atoms with Gasteiger partial charge in [-0.15, -0.1) is 0 Å². The monoisotopic (exact) mass is 661 g/mol. The number of nitrogens with one attached hydrogen (secondary N) is 1. The molecule has 0 aromatic heterocycles. The van der Waals surface area contributed by atoms with E-state index in [1.165, 1.54) is 49.5 Å². The van der Waals surface area contributed by atoms with E-state index in [0.717, 1.165) is 27.6 Å². The molecule has 0 spiro atoms. The highest BCUT2D eigenvalue weighted by atomic mass is 32.2. The van der Waals surface area contributed by atoms with Gasteiger partial charge in [0.05, 0.1) is 24.8 Å². The molecule has 4 rings (SSSR count). The molecule has 0 unspecified atom stereocenters. The zero-order valence-corrected chi connectivity index (χ0v) is 27.7. The van der Waals surface area contributed by atoms with Crippen LogP contribution in [-0.2, 0) is 32.6 Å². The van der Waals surface area contributed by atoms with Crippen molar-refractivity contribution in [2.45, 2.75) is 50.2 Å². The van der Waals surface area contributed by atoms with Gasteiger partial charge < -0.3 is 19.7 Å². The zero-order valence-electron chi connectivity index (χ0n) is 26.9. The van der Waals surface area contributed by atoms with Gasteiger partial charge in [-0.2, -0.15) is 0 Å². The SMILES string of the molecule is CC[C@H](C)NC(=O)[C@@H](Cc1ccccc1)N(Cc1ccccc1)C(=O)CN(c1ccc(F)cc1)S(=O)(=O)c1ccc(OC)c(OC)c1. The number of nitrogens with zero attached hydrogens (tertiary/aromatic N) is 2. The van der Waals surface area contributed by atoms with Crippen molar-refractivity contribution >= 4 is 27.5 Å². The maximum Gasteiger partial charge on any atom is 0.264 e. The van der Waals surface area contributed by atoms with Crippen molar-refractivity contribution < 1.29 is 31.9 Å². The highest BCUT2D eigenvalue weighted by Gasteiger charge is 2.35. The van der Waals surface area contributed by atoms with E-state index in [1.54, 1.807) is 0 Å². The number of ether oxygens (including phenoxy) is 2. The lowest BCUT2D eigenvalue weighted by molar-refractivity contribution is -0.140. The molecule has 2 atom stereocenters. The van der Waals surface area contributed by atoms with Crippen LogP contribution in [0.3, 0.4) is 0 Å². The lowest BCUT2D eigenvalue weighted by atomic mass is 10.0. The number of amides is 2. The maximum absolute atomic E-state index is 14.5. The van der Waals surface area contributed by atoms with E-state index in [0.29, 0.717) is 12.2 Å². The van der Waals surface area contributed by atoms with Crippen LogP contribution in [-0.4, -0.2) is 58.0 Å². The summed E-state index contributed by atoms with van der Waals surface area (Å²) < 4.78 is 54.1. The van der Waals surface area contributed by atoms with Gasteiger partial charge in [0.1, 0.15) is 18.4 Å². The second kappa shape index (κ2) is 16.1. The molecule has 1 N–H and O–H groups in total. The van der Waals surface area contributed by atoms with E-state index in [9.17, 15) is 22.4 Å². The summed E-state index contributed by atoms with van der Waals surface area (Å²) in [4.78, 5) is 29.7. The predicted molar refractivity (Wildman–Crippen MR) is 179 cm³/mol. The van der Waals surface area contributed by atoms with Crippen LogP contribution >= 0.6 is 0 Å². The normalized spacial score (nSPS) is 12.4. The second-order valence-corrected chi connectivity index (χ2v) is 12.9. The van der Waals surface area contributed by atoms with Crippen molar-refractivity contribution in [2.75, 3.05) is 25.1 Å². The van der Waals surface area contributed by atoms with Gasteiger partial charge in [-0.05, 0) is 60.9 Å². The van der Waals surface area contributed by atoms with Gasteiger partial charge in [-0.25, -0.2) is 12.8 Å². The number of rotatable bonds is 15. The first-order valence-electron chi connectivity index (χ1n) is 15.2. The number of sulfonamides is 1. The third-order valence-electron chi connectivity index (χ3n) is 7.80. The molecule has 0 aliphatic heterocycles. The summed E-state index contributed by atoms with van der Waals surface area (Å²) in [5.74, 6) is -1.06. The van der Waals surface area contributed by atoms with E-state index in [-0.39, 0.29) is 41.2 Å². The molecule has 4 aromatic rings. The number of hydrogen-bond acceptors (Lipinski definition) is 6. The first kappa shape index (κ1) is 35.0. The van der Waals surface area contributed by atoms with Crippen molar-refractivity contribution in [3.8, 4) is 11.5 Å². The van der Waals surface area contributed by atoms with Crippen molar-refractivity contribution in [3.63, 3.8) is 0 Å². The van der Waals surface area contributed by atoms with Gasteiger partial charge in [-0.1, -0.05) is 67.6 Å². The molecule has 0 aliphatic carbocycles. The van der Waals surface area contributed by atoms with Crippen molar-refractivity contribution in [1.82, 2.24) is 10.2 Å². The summed E-state index contributed by atoms with van der Waals surface area (Å²) in [6.07, 6.45) is 0.874. The lowest BCUT2D eigenvalue weighted by Gasteiger charge is -2.34. The third kappa shape index (κ3) is 8.88. The van der Waals surface area contributed by atoms with Crippen molar-refractivity contribution in [2.24, 2.45) is 0 Å². The number of anilines is 1. The molecular formula is C36H40FN3O6S. The van der Waals surface area contributed by atoms with Gasteiger partial charge in [0.2, 0.25) is 11.8 Å². The Morgan fingerprint density at radius 3 is 2.00 bits per heavy atom. The number of benzene rings is 4. The number of methoxy groups -OCH3 is 2. The van der Waals surface area contributed by atoms with Gasteiger partial charge in [0.15, 0.2) is 11.5 Å². The Balaban J connectivity index is 1.81. The van der Waals surface area contributed by atoms with Crippen LogP contribution in [0.2, 0.25) is 0 Å². The number of hydrogen-bond donors (Lipinski definition) is 1. The first-order valence-corrected chi connectivity index (χ1v) is 16.7. The van der Waals surface area contributed by atoms with E-state index in [1.807, 2.05) is 74.5 Å². The van der Waals surface area contributed by atoms with Crippen LogP contribution in [0, 0.1) is 5.82 Å². The third-order valence-corrected chi connectivity index (χ3v) is 9.57. The Kier molecular flexibility index (Phi) is 12.0. The summed E-state index contributed by atoms with van der Waals surface area (Å²) in [5.41, 5.74) is 1.65. The van der Waals surface area contributed by atoms with Crippen molar-refractivity contribution in [3.05, 3.63) is 120 Å². The number of carbonyl (C=O) groups excluding carboxylic acids is 2. The Morgan fingerprint density at radius 1 is 0.830 bits per heavy atom. The van der Waals surface area contributed by atoms with E-state index in [4.69, 9.17) is 9.47 Å². The lowest BCUT2D eigenvalue weighted by Crippen LogP contribution is -2.54. The molecule has 0 saturated heterocycles. The molecule has 4 aromatic carbocycles. The van der Waals surface area contributed by atoms with Gasteiger partial charge in [0, 0.05) is 25.1 Å². The summed E-state index contributed by atoms with van der Waals surface area (Å²) in [6, 6.07) is 26.3. The van der Waals surface area contributed by atoms with Crippen molar-refractivity contribution in [1.29, 1.82) is 0 Å². The van der Waals surface area contributed by atoms with Gasteiger partial charge in [0.25, 0.3) is 10.0 Å². The smallest absolute Gasteiger partial charge is 0.264 e. The summed E-state index contributed by atoms with van der Waals surface area (Å²) in [5, 5.41) is 3.01. The molecule has 0 bridgehead atoms. The number of halogens is 1. The highest BCUT2D eigenvalue weighted by molar-refractivity contribution is 7.92. The Morgan fingerprint density at radius 2 is 1.43 bits per heavy atom. The Hall–Kier alpha value is -4.90. The van der Waals surface area contributed by atoms with Crippen LogP contribution < -0.4 is 19.1 Å². The fraction of sp³-hybridized carbons (Fsp3) is 0.278. The summed E-state index contributed by atoms with van der Waals surface area (Å²) >= 11 is 0. The van der Waals surface area contributed by atoms with Crippen LogP contribution in [0.15, 0.2) is 108 Å². The largest absolute Gasteiger partial charge is 0.493 e. The van der Waals surface area contributed by atoms with Gasteiger partial charge in [-0.3, -0.25) is 13.9 Å². The molecule has 2 amide bonds. The fourth-order valence-electron chi connectivity index (χ4n) is 5.02. The van der Waals surface area contributed by atoms with Crippen LogP contribution in [0.25, 0.3) is 0 Å². The molecule has 11 heteroatoms. The molecule has 9 nitrogen and oxygen atoms in total. The Labute approximate surface area is 276 Å². The molecular weight excluding hydrogens is 621 g/mol. The minimum atomic E-state index is -4.43. The topological polar surface area (TPSA) is 105 Å². The minimum Gasteiger partial charge on any atom is -0.493 e. The van der Waals surface area contributed by atoms with Gasteiger partial charge >= 0.3 is 0 Å². The molecule has 248 valence electrons. The molecule has 0 heterocycles. The molecule has 0 aliphatic rings. The standard InChI is InChI=1S/C36H40FN3O6S/c1-5-26(2)38-36(42)32(22-27-12-8-6-9-13-27)39(24-28-14-10-7-11-15-28)35(41)25-40(30-18-16-29(37)17-19-30)47(43,44)31-20-21-33(45-3)34(23-31)46-4/h6-21,23,26,32H,5,22,24-25H2,1-4H3,(H,38,42)/t26-,32+/m0/s1. The van der Waals surface area contributed by atoms with Crippen LogP contribution in [0.5, 0.6) is 11.5 Å². The number of carbonyl (C=O) groups is 2. The Bertz CT molecular complexity index is 1740. The fourth-order valence-corrected chi connectivity index (χ4v) is 6.45. The molecule has 0 radical (unpaired) electrons. The first-order chi connectivity index (χ1) is 22.6. The average Bonchev–Trinajstić information content (AvgIpc) is 3.09. The molecule has 0 saturated carbocycles. The molecule has 47 heavy (non-hydrogen) atoms. The van der Waals surface area contributed by atoms with Crippen LogP contribution in [0.1, 0.15) is 31.4 Å². The van der Waals surface area contributed by atoms with E-state index < -0.39 is 34.3 Å². The molecule has 0 fully saturated rings. The average molecular weight is 662 g/mol. The van der Waals surface area contributed by atoms with Crippen LogP contribution in [0.4, 0.5) is 10.1 Å². The minimum absolute atomic E-state index is 0.0404. The predicted octanol–water partition coefficient (Wildman–Crippen LogP) is 5.59. The summed E-state index contributed by atoms with van der Waals surface area (Å²) in [7, 11) is -1.61. The highest BCUT2D eigenvalue weighted by Crippen LogP contribution is 2.32. The summed E-state index contributed by atoms with van der Waals surface area (Å²) in [6.45, 7) is 3.20. The van der Waals surface area contributed by atoms with E-state index in [2.05, 4.69) is 5.32 Å².